The zero-order valence-electron chi connectivity index (χ0n) is 18.4. The molecule has 2 aliphatic rings. The van der Waals surface area contributed by atoms with E-state index in [2.05, 4.69) is 39.3 Å². The molecule has 2 fully saturated rings. The van der Waals surface area contributed by atoms with Crippen molar-refractivity contribution in [2.24, 2.45) is 4.99 Å². The van der Waals surface area contributed by atoms with E-state index >= 15 is 0 Å². The summed E-state index contributed by atoms with van der Waals surface area (Å²) in [6.07, 6.45) is 6.43. The van der Waals surface area contributed by atoms with Gasteiger partial charge in [0, 0.05) is 38.8 Å². The lowest BCUT2D eigenvalue weighted by Crippen LogP contribution is -2.48. The summed E-state index contributed by atoms with van der Waals surface area (Å²) in [6.45, 7) is 14.8. The van der Waals surface area contributed by atoms with E-state index in [1.807, 2.05) is 6.92 Å². The molecule has 0 amide bonds. The van der Waals surface area contributed by atoms with Crippen LogP contribution in [0.15, 0.2) is 4.99 Å². The molecule has 2 unspecified atom stereocenters. The van der Waals surface area contributed by atoms with Gasteiger partial charge in [-0.15, -0.1) is 0 Å². The predicted octanol–water partition coefficient (Wildman–Crippen LogP) is 1.28. The van der Waals surface area contributed by atoms with Crippen molar-refractivity contribution in [3.8, 4) is 0 Å². The molecule has 0 radical (unpaired) electrons. The Balaban J connectivity index is 1.67. The SMILES string of the molecule is CCNC(=NCC(C)(O)CN1CCOCC1)NCCCCN1CCCCC1C. The van der Waals surface area contributed by atoms with E-state index in [0.29, 0.717) is 13.1 Å². The van der Waals surface area contributed by atoms with Gasteiger partial charge in [0.25, 0.3) is 0 Å². The number of hydrogen-bond acceptors (Lipinski definition) is 5. The van der Waals surface area contributed by atoms with Crippen LogP contribution in [0.5, 0.6) is 0 Å². The van der Waals surface area contributed by atoms with E-state index in [1.54, 1.807) is 0 Å². The topological polar surface area (TPSA) is 72.4 Å². The van der Waals surface area contributed by atoms with Gasteiger partial charge < -0.3 is 25.4 Å². The fraction of sp³-hybridized carbons (Fsp3) is 0.952. The summed E-state index contributed by atoms with van der Waals surface area (Å²) in [5.74, 6) is 0.802. The van der Waals surface area contributed by atoms with Crippen LogP contribution in [0, 0.1) is 0 Å². The van der Waals surface area contributed by atoms with Gasteiger partial charge in [0.05, 0.1) is 25.4 Å². The third kappa shape index (κ3) is 9.07. The number of ether oxygens (including phenoxy) is 1. The second-order valence-corrected chi connectivity index (χ2v) is 8.60. The predicted molar refractivity (Wildman–Crippen MR) is 116 cm³/mol. The van der Waals surface area contributed by atoms with E-state index in [4.69, 9.17) is 4.74 Å². The first kappa shape index (κ1) is 23.4. The average Bonchev–Trinajstić information content (AvgIpc) is 2.67. The summed E-state index contributed by atoms with van der Waals surface area (Å²) in [7, 11) is 0. The molecule has 7 heteroatoms. The molecule has 2 heterocycles. The fourth-order valence-corrected chi connectivity index (χ4v) is 4.02. The van der Waals surface area contributed by atoms with Gasteiger partial charge in [-0.3, -0.25) is 9.89 Å². The number of guanidine groups is 1. The molecule has 2 atom stereocenters. The molecule has 2 aliphatic heterocycles. The summed E-state index contributed by atoms with van der Waals surface area (Å²) in [5, 5.41) is 17.4. The Hall–Kier alpha value is -0.890. The first-order valence-electron chi connectivity index (χ1n) is 11.3. The molecule has 2 saturated heterocycles. The molecule has 0 aromatic carbocycles. The van der Waals surface area contributed by atoms with Crippen LogP contribution < -0.4 is 10.6 Å². The highest BCUT2D eigenvalue weighted by Gasteiger charge is 2.25. The molecular formula is C21H43N5O2. The van der Waals surface area contributed by atoms with Gasteiger partial charge in [0.1, 0.15) is 0 Å². The van der Waals surface area contributed by atoms with Crippen molar-refractivity contribution in [2.75, 3.05) is 65.6 Å². The van der Waals surface area contributed by atoms with E-state index in [9.17, 15) is 5.11 Å². The van der Waals surface area contributed by atoms with Crippen molar-refractivity contribution in [3.05, 3.63) is 0 Å². The monoisotopic (exact) mass is 397 g/mol. The molecular weight excluding hydrogens is 354 g/mol. The summed E-state index contributed by atoms with van der Waals surface area (Å²) in [6, 6.07) is 0.745. The minimum atomic E-state index is -0.829. The number of rotatable bonds is 10. The molecule has 3 N–H and O–H groups in total. The first-order valence-corrected chi connectivity index (χ1v) is 11.3. The molecule has 0 aromatic rings. The molecule has 0 aliphatic carbocycles. The number of piperidine rings is 1. The van der Waals surface area contributed by atoms with Crippen molar-refractivity contribution in [1.29, 1.82) is 0 Å². The lowest BCUT2D eigenvalue weighted by atomic mass is 10.0. The normalized spacial score (nSPS) is 24.7. The number of likely N-dealkylation sites (tertiary alicyclic amines) is 1. The van der Waals surface area contributed by atoms with Crippen molar-refractivity contribution in [1.82, 2.24) is 20.4 Å². The van der Waals surface area contributed by atoms with Gasteiger partial charge in [-0.05, 0) is 59.5 Å². The van der Waals surface area contributed by atoms with E-state index in [-0.39, 0.29) is 0 Å². The maximum Gasteiger partial charge on any atom is 0.191 e. The molecule has 0 spiro atoms. The van der Waals surface area contributed by atoms with Crippen molar-refractivity contribution in [3.63, 3.8) is 0 Å². The van der Waals surface area contributed by atoms with Crippen molar-refractivity contribution in [2.45, 2.75) is 64.5 Å². The molecule has 0 saturated carbocycles. The minimum Gasteiger partial charge on any atom is -0.387 e. The van der Waals surface area contributed by atoms with Crippen LogP contribution in [0.1, 0.15) is 52.9 Å². The number of unbranched alkanes of at least 4 members (excludes halogenated alkanes) is 1. The Morgan fingerprint density at radius 3 is 2.68 bits per heavy atom. The quantitative estimate of drug-likeness (QED) is 0.293. The van der Waals surface area contributed by atoms with Crippen LogP contribution in [-0.2, 0) is 4.74 Å². The van der Waals surface area contributed by atoms with Crippen LogP contribution in [-0.4, -0.2) is 98.1 Å². The lowest BCUT2D eigenvalue weighted by Gasteiger charge is -2.33. The van der Waals surface area contributed by atoms with Gasteiger partial charge in [-0.1, -0.05) is 6.42 Å². The highest BCUT2D eigenvalue weighted by molar-refractivity contribution is 5.79. The Bertz CT molecular complexity index is 452. The van der Waals surface area contributed by atoms with Crippen LogP contribution in [0.2, 0.25) is 0 Å². The standard InChI is InChI=1S/C21H43N5O2/c1-4-22-20(23-10-6-8-12-26-11-7-5-9-19(26)2)24-17-21(3,27)18-25-13-15-28-16-14-25/h19,27H,4-18H2,1-3H3,(H2,22,23,24). The molecule has 2 rings (SSSR count). The van der Waals surface area contributed by atoms with Crippen molar-refractivity contribution < 1.29 is 9.84 Å². The average molecular weight is 398 g/mol. The maximum absolute atomic E-state index is 10.7. The molecule has 164 valence electrons. The van der Waals surface area contributed by atoms with Gasteiger partial charge >= 0.3 is 0 Å². The number of hydrogen-bond donors (Lipinski definition) is 3. The van der Waals surface area contributed by atoms with Crippen LogP contribution in [0.4, 0.5) is 0 Å². The second-order valence-electron chi connectivity index (χ2n) is 8.60. The lowest BCUT2D eigenvalue weighted by molar-refractivity contribution is -0.0179. The molecule has 0 bridgehead atoms. The number of nitrogens with zero attached hydrogens (tertiary/aromatic N) is 3. The van der Waals surface area contributed by atoms with Crippen molar-refractivity contribution >= 4 is 5.96 Å². The number of aliphatic imine (C=N–C) groups is 1. The van der Waals surface area contributed by atoms with E-state index < -0.39 is 5.60 Å². The molecule has 28 heavy (non-hydrogen) atoms. The molecule has 7 nitrogen and oxygen atoms in total. The number of nitrogens with one attached hydrogen (secondary N) is 2. The highest BCUT2D eigenvalue weighted by atomic mass is 16.5. The zero-order chi connectivity index (χ0) is 20.2. The summed E-state index contributed by atoms with van der Waals surface area (Å²) >= 11 is 0. The Labute approximate surface area is 171 Å². The molecule has 0 aromatic heterocycles. The zero-order valence-corrected chi connectivity index (χ0v) is 18.4. The number of morpholine rings is 1. The largest absolute Gasteiger partial charge is 0.387 e. The number of aliphatic hydroxyl groups is 1. The van der Waals surface area contributed by atoms with Crippen LogP contribution in [0.25, 0.3) is 0 Å². The fourth-order valence-electron chi connectivity index (χ4n) is 4.02. The minimum absolute atomic E-state index is 0.394. The third-order valence-corrected chi connectivity index (χ3v) is 5.70. The maximum atomic E-state index is 10.7. The Kier molecular flexibility index (Phi) is 10.5. The second kappa shape index (κ2) is 12.6. The van der Waals surface area contributed by atoms with Crippen LogP contribution >= 0.6 is 0 Å². The van der Waals surface area contributed by atoms with Gasteiger partial charge in [0.2, 0.25) is 0 Å². The Morgan fingerprint density at radius 1 is 1.18 bits per heavy atom. The summed E-state index contributed by atoms with van der Waals surface area (Å²) in [5.41, 5.74) is -0.829. The third-order valence-electron chi connectivity index (χ3n) is 5.70. The van der Waals surface area contributed by atoms with Gasteiger partial charge in [-0.25, -0.2) is 0 Å². The van der Waals surface area contributed by atoms with E-state index in [1.165, 1.54) is 38.8 Å². The summed E-state index contributed by atoms with van der Waals surface area (Å²) < 4.78 is 5.38. The van der Waals surface area contributed by atoms with E-state index in [0.717, 1.165) is 57.8 Å². The highest BCUT2D eigenvalue weighted by Crippen LogP contribution is 2.16. The Morgan fingerprint density at radius 2 is 1.96 bits per heavy atom. The van der Waals surface area contributed by atoms with Crippen LogP contribution in [0.3, 0.4) is 0 Å². The number of β-amino-alcohol motifs (C(OH)–C–C–N with tert-alkyl or cyclic N) is 1. The summed E-state index contributed by atoms with van der Waals surface area (Å²) in [4.78, 5) is 9.51. The smallest absolute Gasteiger partial charge is 0.191 e. The van der Waals surface area contributed by atoms with Gasteiger partial charge in [-0.2, -0.15) is 0 Å². The van der Waals surface area contributed by atoms with Gasteiger partial charge in [0.15, 0.2) is 5.96 Å². The first-order chi connectivity index (χ1) is 13.5.